The normalized spacial score (nSPS) is 21.0. The van der Waals surface area contributed by atoms with Gasteiger partial charge in [0.15, 0.2) is 0 Å². The first-order chi connectivity index (χ1) is 4.09. The largest absolute Gasteiger partial charge is 0.394 e. The van der Waals surface area contributed by atoms with Crippen molar-refractivity contribution in [3.63, 3.8) is 0 Å². The zero-order valence-corrected chi connectivity index (χ0v) is 5.49. The Bertz CT molecular complexity index is 77.4. The van der Waals surface area contributed by atoms with Crippen LogP contribution in [0.1, 0.15) is 6.92 Å². The molecule has 4 nitrogen and oxygen atoms in total. The molecule has 0 radical (unpaired) electrons. The minimum absolute atomic E-state index is 0.285. The molecule has 0 aromatic heterocycles. The van der Waals surface area contributed by atoms with E-state index in [-0.39, 0.29) is 12.6 Å². The van der Waals surface area contributed by atoms with Gasteiger partial charge in [-0.25, -0.2) is 0 Å². The Morgan fingerprint density at radius 1 is 1.44 bits per heavy atom. The molecule has 0 aliphatic heterocycles. The fraction of sp³-hybridized carbons (Fsp3) is 1.00. The van der Waals surface area contributed by atoms with Crippen molar-refractivity contribution < 1.29 is 10.2 Å². The Morgan fingerprint density at radius 2 is 1.89 bits per heavy atom. The number of hydrogen-bond acceptors (Lipinski definition) is 4. The van der Waals surface area contributed by atoms with E-state index >= 15 is 0 Å². The molecule has 0 amide bonds. The Morgan fingerprint density at radius 3 is 2.00 bits per heavy atom. The zero-order chi connectivity index (χ0) is 7.44. The van der Waals surface area contributed by atoms with Crippen LogP contribution in [-0.2, 0) is 0 Å². The van der Waals surface area contributed by atoms with E-state index in [0.717, 1.165) is 0 Å². The molecule has 3 atom stereocenters. The monoisotopic (exact) mass is 134 g/mol. The van der Waals surface area contributed by atoms with Crippen molar-refractivity contribution in [3.8, 4) is 0 Å². The van der Waals surface area contributed by atoms with Crippen molar-refractivity contribution in [2.75, 3.05) is 6.61 Å². The highest BCUT2D eigenvalue weighted by atomic mass is 16.3. The van der Waals surface area contributed by atoms with Crippen LogP contribution in [0.2, 0.25) is 0 Å². The first kappa shape index (κ1) is 8.84. The lowest BCUT2D eigenvalue weighted by molar-refractivity contribution is 0.0686. The number of aliphatic hydroxyl groups is 2. The minimum atomic E-state index is -0.898. The van der Waals surface area contributed by atoms with Gasteiger partial charge in [0.25, 0.3) is 0 Å². The highest BCUT2D eigenvalue weighted by molar-refractivity contribution is 4.78. The summed E-state index contributed by atoms with van der Waals surface area (Å²) in [4.78, 5) is 0. The Balaban J connectivity index is 3.58. The number of aliphatic hydroxyl groups excluding tert-OH is 2. The minimum Gasteiger partial charge on any atom is -0.394 e. The van der Waals surface area contributed by atoms with Crippen LogP contribution in [0.4, 0.5) is 0 Å². The van der Waals surface area contributed by atoms with Crippen molar-refractivity contribution >= 4 is 0 Å². The topological polar surface area (TPSA) is 92.5 Å². The van der Waals surface area contributed by atoms with Crippen molar-refractivity contribution in [1.82, 2.24) is 0 Å². The van der Waals surface area contributed by atoms with E-state index in [0.29, 0.717) is 0 Å². The van der Waals surface area contributed by atoms with Gasteiger partial charge in [0.1, 0.15) is 0 Å². The lowest BCUT2D eigenvalue weighted by Gasteiger charge is -2.19. The smallest absolute Gasteiger partial charge is 0.0936 e. The lowest BCUT2D eigenvalue weighted by Crippen LogP contribution is -2.49. The molecule has 56 valence electrons. The number of hydrogen-bond donors (Lipinski definition) is 4. The van der Waals surface area contributed by atoms with E-state index in [1.54, 1.807) is 6.92 Å². The highest BCUT2D eigenvalue weighted by Gasteiger charge is 2.16. The molecule has 0 aliphatic carbocycles. The third-order valence-electron chi connectivity index (χ3n) is 1.24. The number of rotatable bonds is 3. The summed E-state index contributed by atoms with van der Waals surface area (Å²) in [6.07, 6.45) is -0.898. The molecule has 0 bridgehead atoms. The Kier molecular flexibility index (Phi) is 3.72. The van der Waals surface area contributed by atoms with Crippen LogP contribution in [0.5, 0.6) is 0 Å². The molecule has 6 N–H and O–H groups in total. The van der Waals surface area contributed by atoms with Crippen LogP contribution in [0.15, 0.2) is 0 Å². The average molecular weight is 134 g/mol. The Labute approximate surface area is 54.5 Å². The van der Waals surface area contributed by atoms with Crippen molar-refractivity contribution in [2.24, 2.45) is 11.5 Å². The van der Waals surface area contributed by atoms with E-state index in [1.807, 2.05) is 0 Å². The van der Waals surface area contributed by atoms with Gasteiger partial charge < -0.3 is 21.7 Å². The number of nitrogens with two attached hydrogens (primary N) is 2. The molecule has 0 aromatic rings. The lowest BCUT2D eigenvalue weighted by atomic mass is 10.1. The zero-order valence-electron chi connectivity index (χ0n) is 5.49. The fourth-order valence-corrected chi connectivity index (χ4v) is 0.472. The van der Waals surface area contributed by atoms with Crippen molar-refractivity contribution in [2.45, 2.75) is 25.1 Å². The van der Waals surface area contributed by atoms with Crippen LogP contribution < -0.4 is 11.5 Å². The third kappa shape index (κ3) is 2.76. The van der Waals surface area contributed by atoms with Gasteiger partial charge in [0, 0.05) is 12.1 Å². The summed E-state index contributed by atoms with van der Waals surface area (Å²) >= 11 is 0. The molecule has 9 heavy (non-hydrogen) atoms. The maximum absolute atomic E-state index is 8.84. The van der Waals surface area contributed by atoms with Crippen molar-refractivity contribution in [3.05, 3.63) is 0 Å². The quantitative estimate of drug-likeness (QED) is 0.359. The van der Waals surface area contributed by atoms with E-state index in [1.165, 1.54) is 0 Å². The first-order valence-corrected chi connectivity index (χ1v) is 2.89. The standard InChI is InChI=1S/C5H14N2O2/c1-3(6)5(7)4(9)2-8/h3-5,8-9H,2,6-7H2,1H3. The second-order valence-corrected chi connectivity index (χ2v) is 2.19. The van der Waals surface area contributed by atoms with Crippen LogP contribution in [0.25, 0.3) is 0 Å². The predicted octanol–water partition coefficient (Wildman–Crippen LogP) is -1.99. The molecule has 0 saturated heterocycles. The molecule has 0 spiro atoms. The van der Waals surface area contributed by atoms with Gasteiger partial charge in [0.2, 0.25) is 0 Å². The van der Waals surface area contributed by atoms with Crippen LogP contribution in [-0.4, -0.2) is 35.0 Å². The van der Waals surface area contributed by atoms with Crippen molar-refractivity contribution in [1.29, 1.82) is 0 Å². The third-order valence-corrected chi connectivity index (χ3v) is 1.24. The summed E-state index contributed by atoms with van der Waals surface area (Å²) in [5, 5.41) is 17.2. The van der Waals surface area contributed by atoms with Crippen LogP contribution in [0.3, 0.4) is 0 Å². The second-order valence-electron chi connectivity index (χ2n) is 2.19. The summed E-state index contributed by atoms with van der Waals surface area (Å²) in [6, 6.07) is -0.817. The molecule has 0 rings (SSSR count). The summed E-state index contributed by atoms with van der Waals surface area (Å²) in [5.41, 5.74) is 10.7. The highest BCUT2D eigenvalue weighted by Crippen LogP contribution is 1.91. The molecule has 0 fully saturated rings. The molecule has 0 heterocycles. The van der Waals surface area contributed by atoms with Gasteiger partial charge in [-0.2, -0.15) is 0 Å². The molecule has 0 aliphatic rings. The summed E-state index contributed by atoms with van der Waals surface area (Å²) < 4.78 is 0. The summed E-state index contributed by atoms with van der Waals surface area (Å²) in [7, 11) is 0. The second kappa shape index (κ2) is 3.79. The summed E-state index contributed by atoms with van der Waals surface area (Å²) in [5.74, 6) is 0. The molecule has 0 aromatic carbocycles. The van der Waals surface area contributed by atoms with E-state index < -0.39 is 12.1 Å². The van der Waals surface area contributed by atoms with Crippen LogP contribution in [0, 0.1) is 0 Å². The van der Waals surface area contributed by atoms with E-state index in [4.69, 9.17) is 21.7 Å². The molecular weight excluding hydrogens is 120 g/mol. The van der Waals surface area contributed by atoms with Gasteiger partial charge in [-0.1, -0.05) is 0 Å². The maximum Gasteiger partial charge on any atom is 0.0936 e. The van der Waals surface area contributed by atoms with Gasteiger partial charge in [-0.15, -0.1) is 0 Å². The maximum atomic E-state index is 8.84. The molecule has 4 heteroatoms. The first-order valence-electron chi connectivity index (χ1n) is 2.89. The fourth-order valence-electron chi connectivity index (χ4n) is 0.472. The van der Waals surface area contributed by atoms with Crippen LogP contribution >= 0.6 is 0 Å². The van der Waals surface area contributed by atoms with E-state index in [2.05, 4.69) is 0 Å². The molecule has 0 saturated carbocycles. The van der Waals surface area contributed by atoms with Gasteiger partial charge in [0.05, 0.1) is 12.7 Å². The molecule has 3 unspecified atom stereocenters. The molecular formula is C5H14N2O2. The predicted molar refractivity (Wildman–Crippen MR) is 34.7 cm³/mol. The van der Waals surface area contributed by atoms with Gasteiger partial charge in [-0.05, 0) is 6.92 Å². The average Bonchev–Trinajstić information content (AvgIpc) is 1.84. The van der Waals surface area contributed by atoms with Gasteiger partial charge >= 0.3 is 0 Å². The van der Waals surface area contributed by atoms with E-state index in [9.17, 15) is 0 Å². The SMILES string of the molecule is CC(N)C(N)C(O)CO. The Hall–Kier alpha value is -0.160. The summed E-state index contributed by atoms with van der Waals surface area (Å²) in [6.45, 7) is 1.35. The van der Waals surface area contributed by atoms with Gasteiger partial charge in [-0.3, -0.25) is 0 Å².